The fraction of sp³-hybridized carbons (Fsp3) is 0.238. The summed E-state index contributed by atoms with van der Waals surface area (Å²) in [6.07, 6.45) is 0.913. The van der Waals surface area contributed by atoms with Crippen LogP contribution in [0.5, 0.6) is 11.5 Å². The summed E-state index contributed by atoms with van der Waals surface area (Å²) in [5, 5.41) is 6.18. The molecule has 0 saturated carbocycles. The number of halogens is 2. The highest BCUT2D eigenvalue weighted by Gasteiger charge is 2.10. The van der Waals surface area contributed by atoms with E-state index in [1.165, 1.54) is 11.3 Å². The third-order valence-electron chi connectivity index (χ3n) is 3.92. The number of anilines is 1. The number of para-hydroxylation sites is 2. The first kappa shape index (κ1) is 21.4. The van der Waals surface area contributed by atoms with E-state index >= 15 is 0 Å². The molecule has 0 aliphatic carbocycles. The van der Waals surface area contributed by atoms with Gasteiger partial charge >= 0.3 is 0 Å². The molecule has 0 atom stereocenters. The molecule has 29 heavy (non-hydrogen) atoms. The molecule has 3 aromatic rings. The average molecular weight is 451 g/mol. The highest BCUT2D eigenvalue weighted by atomic mass is 35.5. The second kappa shape index (κ2) is 10.5. The zero-order chi connectivity index (χ0) is 20.6. The van der Waals surface area contributed by atoms with Crippen molar-refractivity contribution in [1.29, 1.82) is 0 Å². The molecule has 0 unspecified atom stereocenters. The number of nitrogens with one attached hydrogen (secondary N) is 1. The third-order valence-corrected chi connectivity index (χ3v) is 5.42. The largest absolute Gasteiger partial charge is 0.490 e. The second-order valence-electron chi connectivity index (χ2n) is 6.05. The lowest BCUT2D eigenvalue weighted by Gasteiger charge is -2.11. The number of ether oxygens (including phenoxy) is 2. The summed E-state index contributed by atoms with van der Waals surface area (Å²) in [4.78, 5) is 16.6. The molecular weight excluding hydrogens is 431 g/mol. The van der Waals surface area contributed by atoms with Gasteiger partial charge in [-0.2, -0.15) is 0 Å². The Labute approximate surface area is 183 Å². The van der Waals surface area contributed by atoms with E-state index in [4.69, 9.17) is 32.7 Å². The first-order valence-electron chi connectivity index (χ1n) is 9.12. The van der Waals surface area contributed by atoms with Gasteiger partial charge < -0.3 is 14.8 Å². The smallest absolute Gasteiger partial charge is 0.226 e. The minimum Gasteiger partial charge on any atom is -0.490 e. The van der Waals surface area contributed by atoms with Crippen LogP contribution >= 0.6 is 34.5 Å². The number of thiazole rings is 1. The van der Waals surface area contributed by atoms with E-state index in [0.717, 1.165) is 11.3 Å². The van der Waals surface area contributed by atoms with Gasteiger partial charge in [0.05, 0.1) is 29.0 Å². The molecule has 0 spiro atoms. The summed E-state index contributed by atoms with van der Waals surface area (Å²) >= 11 is 13.4. The van der Waals surface area contributed by atoms with E-state index in [1.54, 1.807) is 12.1 Å². The quantitative estimate of drug-likeness (QED) is 0.387. The van der Waals surface area contributed by atoms with Gasteiger partial charge in [-0.3, -0.25) is 4.79 Å². The van der Waals surface area contributed by atoms with Crippen LogP contribution in [0.3, 0.4) is 0 Å². The molecule has 3 rings (SSSR count). The van der Waals surface area contributed by atoms with Crippen molar-refractivity contribution in [2.75, 3.05) is 18.5 Å². The van der Waals surface area contributed by atoms with Gasteiger partial charge in [0.2, 0.25) is 5.91 Å². The number of aromatic nitrogens is 1. The lowest BCUT2D eigenvalue weighted by atomic mass is 10.2. The molecule has 1 heterocycles. The molecular formula is C21H20Cl2N2O3S. The second-order valence-corrected chi connectivity index (χ2v) is 7.72. The summed E-state index contributed by atoms with van der Waals surface area (Å²) in [6.45, 7) is 2.91. The van der Waals surface area contributed by atoms with Gasteiger partial charge in [0.15, 0.2) is 16.6 Å². The first-order valence-corrected chi connectivity index (χ1v) is 10.8. The first-order chi connectivity index (χ1) is 14.1. The maximum atomic E-state index is 12.2. The molecule has 1 N–H and O–H groups in total. The number of carbonyl (C=O) groups excluding carboxylic acids is 1. The van der Waals surface area contributed by atoms with E-state index in [2.05, 4.69) is 10.3 Å². The molecule has 152 valence electrons. The van der Waals surface area contributed by atoms with Crippen LogP contribution < -0.4 is 14.8 Å². The fourth-order valence-corrected chi connectivity index (χ4v) is 3.59. The molecule has 0 aliphatic heterocycles. The van der Waals surface area contributed by atoms with Gasteiger partial charge in [0.25, 0.3) is 0 Å². The van der Waals surface area contributed by atoms with Crippen LogP contribution in [0.25, 0.3) is 11.3 Å². The third kappa shape index (κ3) is 6.10. The molecule has 1 amide bonds. The van der Waals surface area contributed by atoms with Crippen molar-refractivity contribution < 1.29 is 14.3 Å². The predicted octanol–water partition coefficient (Wildman–Crippen LogP) is 6.31. The Bertz CT molecular complexity index is 978. The van der Waals surface area contributed by atoms with Crippen molar-refractivity contribution in [1.82, 2.24) is 4.98 Å². The van der Waals surface area contributed by atoms with Crippen molar-refractivity contribution in [3.05, 3.63) is 57.9 Å². The van der Waals surface area contributed by atoms with Crippen LogP contribution in [-0.2, 0) is 4.79 Å². The van der Waals surface area contributed by atoms with Crippen LogP contribution in [0.1, 0.15) is 19.8 Å². The van der Waals surface area contributed by atoms with Crippen LogP contribution in [0, 0.1) is 0 Å². The highest BCUT2D eigenvalue weighted by Crippen LogP contribution is 2.30. The molecule has 5 nitrogen and oxygen atoms in total. The zero-order valence-electron chi connectivity index (χ0n) is 15.8. The van der Waals surface area contributed by atoms with Crippen LogP contribution in [0.4, 0.5) is 5.13 Å². The van der Waals surface area contributed by atoms with E-state index in [1.807, 2.05) is 42.6 Å². The monoisotopic (exact) mass is 450 g/mol. The van der Waals surface area contributed by atoms with E-state index in [9.17, 15) is 4.79 Å². The molecule has 0 fully saturated rings. The Balaban J connectivity index is 1.47. The molecule has 0 bridgehead atoms. The SMILES string of the molecule is CCOc1ccccc1OCCCC(=O)Nc1nc(-c2ccc(Cl)c(Cl)c2)cs1. The van der Waals surface area contributed by atoms with Crippen molar-refractivity contribution in [3.63, 3.8) is 0 Å². The summed E-state index contributed by atoms with van der Waals surface area (Å²) in [5.41, 5.74) is 1.58. The van der Waals surface area contributed by atoms with Crippen molar-refractivity contribution in [3.8, 4) is 22.8 Å². The van der Waals surface area contributed by atoms with Crippen molar-refractivity contribution in [2.45, 2.75) is 19.8 Å². The molecule has 0 aliphatic rings. The van der Waals surface area contributed by atoms with Gasteiger partial charge in [0, 0.05) is 17.4 Å². The van der Waals surface area contributed by atoms with Crippen LogP contribution in [0.15, 0.2) is 47.8 Å². The minimum atomic E-state index is -0.110. The number of hydrogen-bond acceptors (Lipinski definition) is 5. The average Bonchev–Trinajstić information content (AvgIpc) is 3.17. The Kier molecular flexibility index (Phi) is 7.75. The van der Waals surface area contributed by atoms with E-state index < -0.39 is 0 Å². The number of amides is 1. The predicted molar refractivity (Wildman–Crippen MR) is 119 cm³/mol. The number of nitrogens with zero attached hydrogens (tertiary/aromatic N) is 1. The number of carbonyl (C=O) groups is 1. The molecule has 0 saturated heterocycles. The lowest BCUT2D eigenvalue weighted by Crippen LogP contribution is -2.12. The lowest BCUT2D eigenvalue weighted by molar-refractivity contribution is -0.116. The topological polar surface area (TPSA) is 60.5 Å². The maximum Gasteiger partial charge on any atom is 0.226 e. The molecule has 1 aromatic heterocycles. The van der Waals surface area contributed by atoms with Gasteiger partial charge in [-0.05, 0) is 37.6 Å². The maximum absolute atomic E-state index is 12.2. The highest BCUT2D eigenvalue weighted by molar-refractivity contribution is 7.14. The number of benzene rings is 2. The van der Waals surface area contributed by atoms with Crippen LogP contribution in [0.2, 0.25) is 10.0 Å². The Morgan fingerprint density at radius 1 is 1.10 bits per heavy atom. The van der Waals surface area contributed by atoms with Gasteiger partial charge in [0.1, 0.15) is 0 Å². The fourth-order valence-electron chi connectivity index (χ4n) is 2.56. The Morgan fingerprint density at radius 3 is 2.59 bits per heavy atom. The summed E-state index contributed by atoms with van der Waals surface area (Å²) in [6, 6.07) is 12.8. The summed E-state index contributed by atoms with van der Waals surface area (Å²) in [7, 11) is 0. The molecule has 8 heteroatoms. The van der Waals surface area contributed by atoms with E-state index in [0.29, 0.717) is 52.7 Å². The number of rotatable bonds is 9. The Morgan fingerprint density at radius 2 is 1.86 bits per heavy atom. The zero-order valence-corrected chi connectivity index (χ0v) is 18.1. The minimum absolute atomic E-state index is 0.110. The number of hydrogen-bond donors (Lipinski definition) is 1. The van der Waals surface area contributed by atoms with Crippen molar-refractivity contribution in [2.24, 2.45) is 0 Å². The van der Waals surface area contributed by atoms with E-state index in [-0.39, 0.29) is 5.91 Å². The van der Waals surface area contributed by atoms with Crippen LogP contribution in [-0.4, -0.2) is 24.1 Å². The molecule has 0 radical (unpaired) electrons. The van der Waals surface area contributed by atoms with Crippen molar-refractivity contribution >= 4 is 45.6 Å². The van der Waals surface area contributed by atoms with Gasteiger partial charge in [-0.15, -0.1) is 11.3 Å². The molecule has 2 aromatic carbocycles. The van der Waals surface area contributed by atoms with Gasteiger partial charge in [-0.1, -0.05) is 41.4 Å². The Hall–Kier alpha value is -2.28. The summed E-state index contributed by atoms with van der Waals surface area (Å²) < 4.78 is 11.3. The summed E-state index contributed by atoms with van der Waals surface area (Å²) in [5.74, 6) is 1.28. The van der Waals surface area contributed by atoms with Gasteiger partial charge in [-0.25, -0.2) is 4.98 Å². The standard InChI is InChI=1S/C21H20Cl2N2O3S/c1-2-27-18-6-3-4-7-19(18)28-11-5-8-20(26)25-21-24-17(13-29-21)14-9-10-15(22)16(23)12-14/h3-4,6-7,9-10,12-13H,2,5,8,11H2,1H3,(H,24,25,26). The normalized spacial score (nSPS) is 10.6.